The zero-order valence-electron chi connectivity index (χ0n) is 8.61. The van der Waals surface area contributed by atoms with Crippen molar-refractivity contribution in [3.8, 4) is 0 Å². The van der Waals surface area contributed by atoms with Crippen LogP contribution in [0.25, 0.3) is 0 Å². The molecule has 0 N–H and O–H groups in total. The highest BCUT2D eigenvalue weighted by molar-refractivity contribution is 5.98. The number of Topliss-reactive ketones (excluding diaryl/α,β-unsaturated/α-hetero) is 1. The molecule has 1 aromatic rings. The Bertz CT molecular complexity index is 299. The SMILES string of the molecule is COC(OC)C(=O)c1ccc(C)cc1. The van der Waals surface area contributed by atoms with E-state index in [0.717, 1.165) is 5.56 Å². The first-order chi connectivity index (χ1) is 6.69. The molecule has 0 atom stereocenters. The summed E-state index contributed by atoms with van der Waals surface area (Å²) < 4.78 is 9.75. The summed E-state index contributed by atoms with van der Waals surface area (Å²) in [6.45, 7) is 1.97. The van der Waals surface area contributed by atoms with Crippen LogP contribution < -0.4 is 0 Å². The van der Waals surface area contributed by atoms with E-state index in [9.17, 15) is 4.79 Å². The maximum Gasteiger partial charge on any atom is 0.222 e. The van der Waals surface area contributed by atoms with Crippen molar-refractivity contribution in [2.24, 2.45) is 0 Å². The molecule has 0 saturated carbocycles. The number of ketones is 1. The summed E-state index contributed by atoms with van der Waals surface area (Å²) in [4.78, 5) is 11.7. The molecule has 0 heterocycles. The van der Waals surface area contributed by atoms with Crippen molar-refractivity contribution in [3.63, 3.8) is 0 Å². The molecule has 0 aliphatic carbocycles. The van der Waals surface area contributed by atoms with Gasteiger partial charge < -0.3 is 9.47 Å². The second-order valence-corrected chi connectivity index (χ2v) is 3.03. The molecule has 0 bridgehead atoms. The highest BCUT2D eigenvalue weighted by Gasteiger charge is 2.18. The summed E-state index contributed by atoms with van der Waals surface area (Å²) in [5, 5.41) is 0. The molecule has 0 amide bonds. The van der Waals surface area contributed by atoms with E-state index in [1.807, 2.05) is 19.1 Å². The molecule has 0 fully saturated rings. The molecule has 0 aromatic heterocycles. The molecule has 76 valence electrons. The van der Waals surface area contributed by atoms with Gasteiger partial charge in [0.1, 0.15) is 0 Å². The minimum absolute atomic E-state index is 0.157. The van der Waals surface area contributed by atoms with E-state index >= 15 is 0 Å². The topological polar surface area (TPSA) is 35.5 Å². The molecule has 0 aliphatic heterocycles. The molecule has 1 rings (SSSR count). The van der Waals surface area contributed by atoms with Crippen molar-refractivity contribution in [2.45, 2.75) is 13.2 Å². The Morgan fingerprint density at radius 2 is 1.64 bits per heavy atom. The van der Waals surface area contributed by atoms with Crippen LogP contribution in [-0.4, -0.2) is 26.3 Å². The van der Waals surface area contributed by atoms with E-state index in [1.165, 1.54) is 14.2 Å². The lowest BCUT2D eigenvalue weighted by Gasteiger charge is -2.11. The third kappa shape index (κ3) is 2.40. The monoisotopic (exact) mass is 194 g/mol. The zero-order valence-corrected chi connectivity index (χ0v) is 8.61. The molecule has 0 unspecified atom stereocenters. The molecule has 14 heavy (non-hydrogen) atoms. The van der Waals surface area contributed by atoms with Gasteiger partial charge in [0.15, 0.2) is 0 Å². The first-order valence-corrected chi connectivity index (χ1v) is 4.35. The average molecular weight is 194 g/mol. The molecule has 0 radical (unpaired) electrons. The number of ether oxygens (including phenoxy) is 2. The quantitative estimate of drug-likeness (QED) is 0.541. The number of methoxy groups -OCH3 is 2. The third-order valence-electron chi connectivity index (χ3n) is 1.98. The molecule has 3 nitrogen and oxygen atoms in total. The first kappa shape index (κ1) is 10.9. The van der Waals surface area contributed by atoms with E-state index in [0.29, 0.717) is 5.56 Å². The van der Waals surface area contributed by atoms with Gasteiger partial charge in [-0.1, -0.05) is 29.8 Å². The fourth-order valence-electron chi connectivity index (χ4n) is 1.16. The smallest absolute Gasteiger partial charge is 0.222 e. The van der Waals surface area contributed by atoms with Crippen LogP contribution in [-0.2, 0) is 9.47 Å². The van der Waals surface area contributed by atoms with Crippen LogP contribution in [0, 0.1) is 6.92 Å². The van der Waals surface area contributed by atoms with Gasteiger partial charge in [-0.05, 0) is 6.92 Å². The van der Waals surface area contributed by atoms with Gasteiger partial charge in [-0.25, -0.2) is 0 Å². The lowest BCUT2D eigenvalue weighted by Crippen LogP contribution is -2.24. The fraction of sp³-hybridized carbons (Fsp3) is 0.364. The predicted octanol–water partition coefficient (Wildman–Crippen LogP) is 1.80. The largest absolute Gasteiger partial charge is 0.349 e. The van der Waals surface area contributed by atoms with Crippen molar-refractivity contribution in [1.82, 2.24) is 0 Å². The number of aryl methyl sites for hydroxylation is 1. The molecule has 0 saturated heterocycles. The summed E-state index contributed by atoms with van der Waals surface area (Å²) in [5.41, 5.74) is 1.72. The summed E-state index contributed by atoms with van der Waals surface area (Å²) in [6.07, 6.45) is -0.808. The molecule has 3 heteroatoms. The number of carbonyl (C=O) groups excluding carboxylic acids is 1. The van der Waals surface area contributed by atoms with Gasteiger partial charge in [-0.3, -0.25) is 4.79 Å². The van der Waals surface area contributed by atoms with Gasteiger partial charge in [0.25, 0.3) is 0 Å². The minimum atomic E-state index is -0.808. The number of benzene rings is 1. The molecule has 1 aromatic carbocycles. The van der Waals surface area contributed by atoms with Crippen molar-refractivity contribution in [1.29, 1.82) is 0 Å². The van der Waals surface area contributed by atoms with Crippen molar-refractivity contribution in [2.75, 3.05) is 14.2 Å². The Morgan fingerprint density at radius 1 is 1.14 bits per heavy atom. The Balaban J connectivity index is 2.83. The third-order valence-corrected chi connectivity index (χ3v) is 1.98. The van der Waals surface area contributed by atoms with Gasteiger partial charge in [-0.2, -0.15) is 0 Å². The van der Waals surface area contributed by atoms with Gasteiger partial charge in [-0.15, -0.1) is 0 Å². The number of rotatable bonds is 4. The summed E-state index contributed by atoms with van der Waals surface area (Å²) >= 11 is 0. The van der Waals surface area contributed by atoms with Crippen molar-refractivity contribution in [3.05, 3.63) is 35.4 Å². The molecule has 0 aliphatic rings. The Labute approximate surface area is 83.6 Å². The number of carbonyl (C=O) groups is 1. The Kier molecular flexibility index (Phi) is 3.80. The second-order valence-electron chi connectivity index (χ2n) is 3.03. The van der Waals surface area contributed by atoms with Gasteiger partial charge in [0.05, 0.1) is 0 Å². The molecular weight excluding hydrogens is 180 g/mol. The highest BCUT2D eigenvalue weighted by Crippen LogP contribution is 2.08. The summed E-state index contributed by atoms with van der Waals surface area (Å²) in [5.74, 6) is -0.157. The summed E-state index contributed by atoms with van der Waals surface area (Å²) in [6, 6.07) is 7.30. The lowest BCUT2D eigenvalue weighted by molar-refractivity contribution is -0.0742. The van der Waals surface area contributed by atoms with Gasteiger partial charge >= 0.3 is 0 Å². The number of hydrogen-bond acceptors (Lipinski definition) is 3. The fourth-order valence-corrected chi connectivity index (χ4v) is 1.16. The lowest BCUT2D eigenvalue weighted by atomic mass is 10.1. The van der Waals surface area contributed by atoms with E-state index in [1.54, 1.807) is 12.1 Å². The van der Waals surface area contributed by atoms with E-state index in [2.05, 4.69) is 0 Å². The highest BCUT2D eigenvalue weighted by atomic mass is 16.7. The van der Waals surface area contributed by atoms with Crippen LogP contribution in [0.4, 0.5) is 0 Å². The van der Waals surface area contributed by atoms with Crippen LogP contribution in [0.15, 0.2) is 24.3 Å². The maximum absolute atomic E-state index is 11.7. The van der Waals surface area contributed by atoms with E-state index in [4.69, 9.17) is 9.47 Å². The number of hydrogen-bond donors (Lipinski definition) is 0. The van der Waals surface area contributed by atoms with Gasteiger partial charge in [0.2, 0.25) is 12.1 Å². The van der Waals surface area contributed by atoms with Crippen molar-refractivity contribution < 1.29 is 14.3 Å². The predicted molar refractivity (Wildman–Crippen MR) is 53.3 cm³/mol. The van der Waals surface area contributed by atoms with Crippen LogP contribution in [0.3, 0.4) is 0 Å². The van der Waals surface area contributed by atoms with Crippen LogP contribution in [0.5, 0.6) is 0 Å². The zero-order chi connectivity index (χ0) is 10.6. The Morgan fingerprint density at radius 3 is 2.07 bits per heavy atom. The Hall–Kier alpha value is -1.19. The van der Waals surface area contributed by atoms with Crippen LogP contribution >= 0.6 is 0 Å². The second kappa shape index (κ2) is 4.88. The maximum atomic E-state index is 11.7. The van der Waals surface area contributed by atoms with E-state index < -0.39 is 6.29 Å². The van der Waals surface area contributed by atoms with Gasteiger partial charge in [0, 0.05) is 19.8 Å². The van der Waals surface area contributed by atoms with Crippen LogP contribution in [0.2, 0.25) is 0 Å². The minimum Gasteiger partial charge on any atom is -0.349 e. The first-order valence-electron chi connectivity index (χ1n) is 4.35. The normalized spacial score (nSPS) is 10.6. The summed E-state index contributed by atoms with van der Waals surface area (Å²) in [7, 11) is 2.89. The van der Waals surface area contributed by atoms with Crippen molar-refractivity contribution >= 4 is 5.78 Å². The molecule has 0 spiro atoms. The molecular formula is C11H14O3. The van der Waals surface area contributed by atoms with Crippen LogP contribution in [0.1, 0.15) is 15.9 Å². The average Bonchev–Trinajstić information content (AvgIpc) is 2.20. The van der Waals surface area contributed by atoms with E-state index in [-0.39, 0.29) is 5.78 Å². The standard InChI is InChI=1S/C11H14O3/c1-8-4-6-9(7-5-8)10(12)11(13-2)14-3/h4-7,11H,1-3H3.